The number of amides is 1. The van der Waals surface area contributed by atoms with Gasteiger partial charge in [-0.25, -0.2) is 9.78 Å². The fourth-order valence-electron chi connectivity index (χ4n) is 4.13. The topological polar surface area (TPSA) is 94.5 Å². The zero-order valence-corrected chi connectivity index (χ0v) is 21.0. The normalized spacial score (nSPS) is 16.5. The van der Waals surface area contributed by atoms with E-state index in [9.17, 15) is 9.59 Å². The molecular formula is C25H32N4O4S. The summed E-state index contributed by atoms with van der Waals surface area (Å²) in [5.41, 5.74) is 3.40. The Morgan fingerprint density at radius 1 is 1.41 bits per heavy atom. The number of hydrogen-bond acceptors (Lipinski definition) is 7. The zero-order chi connectivity index (χ0) is 24.2. The van der Waals surface area contributed by atoms with Crippen molar-refractivity contribution in [3.8, 4) is 0 Å². The van der Waals surface area contributed by atoms with Crippen molar-refractivity contribution in [3.05, 3.63) is 39.8 Å². The highest BCUT2D eigenvalue weighted by Gasteiger charge is 2.29. The number of carbonyl (C=O) groups excluding carboxylic acids is 2. The average Bonchev–Trinajstić information content (AvgIpc) is 3.57. The number of aromatic nitrogens is 2. The first-order chi connectivity index (χ1) is 16.4. The van der Waals surface area contributed by atoms with Crippen molar-refractivity contribution in [2.75, 3.05) is 24.4 Å². The molecule has 182 valence electrons. The lowest BCUT2D eigenvalue weighted by Gasteiger charge is -2.15. The first kappa shape index (κ1) is 24.2. The number of fused-ring (bicyclic) bond motifs is 1. The smallest absolute Gasteiger partial charge is 0.356 e. The van der Waals surface area contributed by atoms with Gasteiger partial charge in [-0.05, 0) is 49.3 Å². The number of nitrogens with zero attached hydrogens (tertiary/aromatic N) is 2. The minimum absolute atomic E-state index is 0.0153. The summed E-state index contributed by atoms with van der Waals surface area (Å²) in [5.74, 6) is -0.853. The molecule has 0 bridgehead atoms. The molecule has 1 aliphatic rings. The number of aryl methyl sites for hydroxylation is 1. The quantitative estimate of drug-likeness (QED) is 0.417. The molecule has 8 nitrogen and oxygen atoms in total. The first-order valence-electron chi connectivity index (χ1n) is 11.7. The molecule has 0 aliphatic carbocycles. The number of thiophene rings is 1. The molecule has 1 aliphatic heterocycles. The molecule has 1 amide bonds. The summed E-state index contributed by atoms with van der Waals surface area (Å²) in [4.78, 5) is 31.8. The molecule has 34 heavy (non-hydrogen) atoms. The summed E-state index contributed by atoms with van der Waals surface area (Å²) in [6, 6.07) is 4.04. The number of ether oxygens (including phenoxy) is 2. The molecule has 9 heteroatoms. The Hall–Kier alpha value is -2.91. The number of nitrogens with one attached hydrogen (secondary N) is 2. The molecule has 4 heterocycles. The predicted molar refractivity (Wildman–Crippen MR) is 135 cm³/mol. The molecule has 0 saturated carbocycles. The van der Waals surface area contributed by atoms with Crippen LogP contribution >= 0.6 is 11.3 Å². The maximum atomic E-state index is 12.9. The van der Waals surface area contributed by atoms with Gasteiger partial charge in [-0.15, -0.1) is 11.3 Å². The van der Waals surface area contributed by atoms with Crippen molar-refractivity contribution in [3.63, 3.8) is 0 Å². The van der Waals surface area contributed by atoms with E-state index >= 15 is 0 Å². The molecule has 0 radical (unpaired) electrons. The Bertz CT molecular complexity index is 1180. The Labute approximate surface area is 203 Å². The highest BCUT2D eigenvalue weighted by Crippen LogP contribution is 2.34. The monoisotopic (exact) mass is 484 g/mol. The van der Waals surface area contributed by atoms with E-state index in [-0.39, 0.29) is 17.9 Å². The number of hydrogen-bond donors (Lipinski definition) is 2. The van der Waals surface area contributed by atoms with Crippen molar-refractivity contribution in [1.82, 2.24) is 9.55 Å². The number of pyridine rings is 1. The third kappa shape index (κ3) is 4.95. The summed E-state index contributed by atoms with van der Waals surface area (Å²) < 4.78 is 12.8. The van der Waals surface area contributed by atoms with Gasteiger partial charge in [0.2, 0.25) is 5.91 Å². The standard InChI is InChI=1S/C25H32N4O4S/c1-5-15(2)24(30)28-21-19-11-17(26-13-20-16(3)8-10-34-20)12-27-23(19)29(22(21)25(31)32-4)14-18-7-6-9-33-18/h8,10-12,15,18,26H,5-7,9,13-14H2,1-4H3,(H,28,30)/t15-,18-/m0/s1. The average molecular weight is 485 g/mol. The van der Waals surface area contributed by atoms with E-state index in [1.54, 1.807) is 17.5 Å². The van der Waals surface area contributed by atoms with E-state index in [1.165, 1.54) is 17.6 Å². The van der Waals surface area contributed by atoms with Crippen molar-refractivity contribution in [2.24, 2.45) is 5.92 Å². The first-order valence-corrected chi connectivity index (χ1v) is 12.6. The van der Waals surface area contributed by atoms with Crippen molar-refractivity contribution >= 4 is 45.6 Å². The fraction of sp³-hybridized carbons (Fsp3) is 0.480. The minimum atomic E-state index is -0.515. The van der Waals surface area contributed by atoms with Crippen molar-refractivity contribution in [2.45, 2.75) is 59.2 Å². The number of carbonyl (C=O) groups is 2. The molecule has 1 saturated heterocycles. The molecule has 0 aromatic carbocycles. The number of esters is 1. The maximum Gasteiger partial charge on any atom is 0.356 e. The number of anilines is 2. The summed E-state index contributed by atoms with van der Waals surface area (Å²) in [5, 5.41) is 9.20. The number of methoxy groups -OCH3 is 1. The molecule has 0 spiro atoms. The highest BCUT2D eigenvalue weighted by molar-refractivity contribution is 7.10. The molecule has 4 rings (SSSR count). The van der Waals surface area contributed by atoms with Crippen LogP contribution in [0.25, 0.3) is 11.0 Å². The van der Waals surface area contributed by atoms with Crippen LogP contribution in [0.5, 0.6) is 0 Å². The molecule has 2 atom stereocenters. The van der Waals surface area contributed by atoms with Gasteiger partial charge >= 0.3 is 5.97 Å². The zero-order valence-electron chi connectivity index (χ0n) is 20.1. The molecule has 0 unspecified atom stereocenters. The van der Waals surface area contributed by atoms with Crippen LogP contribution in [0.4, 0.5) is 11.4 Å². The van der Waals surface area contributed by atoms with Gasteiger partial charge < -0.3 is 24.7 Å². The van der Waals surface area contributed by atoms with Crippen LogP contribution < -0.4 is 10.6 Å². The molecule has 1 fully saturated rings. The van der Waals surface area contributed by atoms with Crippen LogP contribution in [0.3, 0.4) is 0 Å². The summed E-state index contributed by atoms with van der Waals surface area (Å²) in [6.07, 6.45) is 4.34. The Kier molecular flexibility index (Phi) is 7.53. The second kappa shape index (κ2) is 10.6. The van der Waals surface area contributed by atoms with Gasteiger partial charge in [0.1, 0.15) is 5.65 Å². The lowest BCUT2D eigenvalue weighted by atomic mass is 10.1. The summed E-state index contributed by atoms with van der Waals surface area (Å²) in [7, 11) is 1.35. The van der Waals surface area contributed by atoms with Gasteiger partial charge in [0.25, 0.3) is 0 Å². The second-order valence-electron chi connectivity index (χ2n) is 8.73. The third-order valence-electron chi connectivity index (χ3n) is 6.42. The van der Waals surface area contributed by atoms with Gasteiger partial charge in [-0.1, -0.05) is 13.8 Å². The van der Waals surface area contributed by atoms with Crippen LogP contribution in [0.1, 0.15) is 54.0 Å². The van der Waals surface area contributed by atoms with Gasteiger partial charge in [0.15, 0.2) is 5.69 Å². The van der Waals surface area contributed by atoms with Crippen LogP contribution in [-0.2, 0) is 27.4 Å². The maximum absolute atomic E-state index is 12.9. The number of rotatable bonds is 9. The Morgan fingerprint density at radius 3 is 2.88 bits per heavy atom. The predicted octanol–water partition coefficient (Wildman–Crippen LogP) is 4.97. The highest BCUT2D eigenvalue weighted by atomic mass is 32.1. The minimum Gasteiger partial charge on any atom is -0.464 e. The lowest BCUT2D eigenvalue weighted by molar-refractivity contribution is -0.119. The SMILES string of the molecule is CC[C@H](C)C(=O)Nc1c(C(=O)OC)n(C[C@@H]2CCCO2)c2ncc(NCc3sccc3C)cc12. The lowest BCUT2D eigenvalue weighted by Crippen LogP contribution is -2.23. The van der Waals surface area contributed by atoms with Gasteiger partial charge in [-0.3, -0.25) is 4.79 Å². The largest absolute Gasteiger partial charge is 0.464 e. The van der Waals surface area contributed by atoms with Crippen LogP contribution in [0.2, 0.25) is 0 Å². The van der Waals surface area contributed by atoms with Crippen molar-refractivity contribution < 1.29 is 19.1 Å². The molecule has 3 aromatic heterocycles. The Morgan fingerprint density at radius 2 is 2.24 bits per heavy atom. The third-order valence-corrected chi connectivity index (χ3v) is 7.44. The van der Waals surface area contributed by atoms with E-state index in [2.05, 4.69) is 29.0 Å². The van der Waals surface area contributed by atoms with Gasteiger partial charge in [0, 0.05) is 29.3 Å². The Balaban J connectivity index is 1.78. The van der Waals surface area contributed by atoms with Crippen LogP contribution in [0.15, 0.2) is 23.7 Å². The van der Waals surface area contributed by atoms with Crippen LogP contribution in [0, 0.1) is 12.8 Å². The van der Waals surface area contributed by atoms with Gasteiger partial charge in [0.05, 0.1) is 37.3 Å². The molecular weight excluding hydrogens is 452 g/mol. The van der Waals surface area contributed by atoms with E-state index < -0.39 is 5.97 Å². The van der Waals surface area contributed by atoms with E-state index in [1.807, 2.05) is 24.5 Å². The van der Waals surface area contributed by atoms with E-state index in [0.29, 0.717) is 48.5 Å². The molecule has 3 aromatic rings. The molecule has 2 N–H and O–H groups in total. The van der Waals surface area contributed by atoms with Crippen molar-refractivity contribution in [1.29, 1.82) is 0 Å². The van der Waals surface area contributed by atoms with E-state index in [0.717, 1.165) is 18.5 Å². The van der Waals surface area contributed by atoms with Gasteiger partial charge in [-0.2, -0.15) is 0 Å². The summed E-state index contributed by atoms with van der Waals surface area (Å²) in [6.45, 7) is 7.76. The summed E-state index contributed by atoms with van der Waals surface area (Å²) >= 11 is 1.70. The van der Waals surface area contributed by atoms with E-state index in [4.69, 9.17) is 14.5 Å². The van der Waals surface area contributed by atoms with Crippen LogP contribution in [-0.4, -0.2) is 41.2 Å². The fourth-order valence-corrected chi connectivity index (χ4v) is 4.97. The second-order valence-corrected chi connectivity index (χ2v) is 9.74.